The molecule has 1 heterocycles. The van der Waals surface area contributed by atoms with E-state index in [1.54, 1.807) is 84.0 Å². The van der Waals surface area contributed by atoms with Gasteiger partial charge in [0.15, 0.2) is 0 Å². The van der Waals surface area contributed by atoms with Crippen LogP contribution >= 0.6 is 11.6 Å². The van der Waals surface area contributed by atoms with Crippen molar-refractivity contribution >= 4 is 34.7 Å². The monoisotopic (exact) mass is 458 g/mol. The fourth-order valence-electron chi connectivity index (χ4n) is 3.23. The third-order valence-electron chi connectivity index (χ3n) is 4.43. The highest BCUT2D eigenvalue weighted by Gasteiger charge is 2.26. The molecule has 0 aliphatic carbocycles. The molecular weight excluding hydrogens is 432 g/mol. The van der Waals surface area contributed by atoms with E-state index < -0.39 is 29.0 Å². The summed E-state index contributed by atoms with van der Waals surface area (Å²) >= 11 is 6.18. The van der Waals surface area contributed by atoms with Crippen molar-refractivity contribution in [2.75, 3.05) is 0 Å². The number of rotatable bonds is 3. The van der Waals surface area contributed by atoms with Crippen LogP contribution in [0.2, 0.25) is 5.02 Å². The smallest absolute Gasteiger partial charge is 0.423 e. The summed E-state index contributed by atoms with van der Waals surface area (Å²) < 4.78 is 13.3. The summed E-state index contributed by atoms with van der Waals surface area (Å²) in [7, 11) is 0. The van der Waals surface area contributed by atoms with E-state index in [0.29, 0.717) is 27.2 Å². The zero-order valence-corrected chi connectivity index (χ0v) is 19.8. The fraction of sp³-hybridized carbons (Fsp3) is 0.375. The highest BCUT2D eigenvalue weighted by Crippen LogP contribution is 2.23. The van der Waals surface area contributed by atoms with Gasteiger partial charge in [0.05, 0.1) is 23.1 Å². The van der Waals surface area contributed by atoms with Crippen molar-refractivity contribution in [1.29, 1.82) is 0 Å². The van der Waals surface area contributed by atoms with Crippen LogP contribution in [0, 0.1) is 0 Å². The minimum absolute atomic E-state index is 0.0425. The molecule has 0 radical (unpaired) electrons. The summed E-state index contributed by atoms with van der Waals surface area (Å²) in [5.41, 5.74) is -0.296. The van der Waals surface area contributed by atoms with Gasteiger partial charge in [0.1, 0.15) is 11.2 Å². The second-order valence-electron chi connectivity index (χ2n) is 9.48. The quantitative estimate of drug-likeness (QED) is 0.501. The number of carbonyl (C=O) groups is 2. The molecule has 0 saturated carbocycles. The topological polar surface area (TPSA) is 79.5 Å². The molecule has 2 aromatic carbocycles. The SMILES string of the molecule is CC(C)(C)OC(=O)c1ccccc1Cn1c(=O)n(C(=O)OC(C)(C)C)c2ccc(Cl)cc21. The molecule has 0 spiro atoms. The molecule has 0 unspecified atom stereocenters. The van der Waals surface area contributed by atoms with Crippen LogP contribution in [-0.2, 0) is 16.0 Å². The van der Waals surface area contributed by atoms with E-state index in [9.17, 15) is 14.4 Å². The van der Waals surface area contributed by atoms with Crippen molar-refractivity contribution in [2.45, 2.75) is 59.3 Å². The first-order chi connectivity index (χ1) is 14.8. The van der Waals surface area contributed by atoms with Gasteiger partial charge in [-0.25, -0.2) is 14.4 Å². The number of hydrogen-bond donors (Lipinski definition) is 0. The third-order valence-corrected chi connectivity index (χ3v) is 4.67. The van der Waals surface area contributed by atoms with Gasteiger partial charge < -0.3 is 9.47 Å². The van der Waals surface area contributed by atoms with Crippen molar-refractivity contribution < 1.29 is 19.1 Å². The first-order valence-corrected chi connectivity index (χ1v) is 10.6. The molecule has 7 nitrogen and oxygen atoms in total. The van der Waals surface area contributed by atoms with Gasteiger partial charge in [0.2, 0.25) is 0 Å². The van der Waals surface area contributed by atoms with Gasteiger partial charge in [-0.2, -0.15) is 4.57 Å². The lowest BCUT2D eigenvalue weighted by Gasteiger charge is -2.20. The Balaban J connectivity index is 2.13. The maximum Gasteiger partial charge on any atom is 0.423 e. The van der Waals surface area contributed by atoms with Crippen molar-refractivity contribution in [3.8, 4) is 0 Å². The minimum Gasteiger partial charge on any atom is -0.456 e. The Labute approximate surface area is 191 Å². The molecule has 3 rings (SSSR count). The van der Waals surface area contributed by atoms with E-state index in [0.717, 1.165) is 4.57 Å². The molecule has 1 aromatic heterocycles. The van der Waals surface area contributed by atoms with Crippen molar-refractivity contribution in [1.82, 2.24) is 9.13 Å². The molecule has 3 aromatic rings. The van der Waals surface area contributed by atoms with Crippen LogP contribution in [-0.4, -0.2) is 32.4 Å². The number of halogens is 1. The molecule has 0 bridgehead atoms. The Morgan fingerprint density at radius 3 is 2.16 bits per heavy atom. The van der Waals surface area contributed by atoms with Crippen LogP contribution in [0.3, 0.4) is 0 Å². The van der Waals surface area contributed by atoms with Crippen LogP contribution in [0.1, 0.15) is 57.5 Å². The number of benzene rings is 2. The first kappa shape index (κ1) is 23.6. The Morgan fingerprint density at radius 2 is 1.53 bits per heavy atom. The van der Waals surface area contributed by atoms with Gasteiger partial charge in [-0.3, -0.25) is 4.57 Å². The zero-order valence-electron chi connectivity index (χ0n) is 19.1. The molecule has 8 heteroatoms. The molecule has 0 aliphatic rings. The maximum absolute atomic E-state index is 13.3. The van der Waals surface area contributed by atoms with Gasteiger partial charge >= 0.3 is 17.8 Å². The summed E-state index contributed by atoms with van der Waals surface area (Å²) in [6.07, 6.45) is -0.783. The number of hydrogen-bond acceptors (Lipinski definition) is 5. The summed E-state index contributed by atoms with van der Waals surface area (Å²) in [5.74, 6) is -0.491. The number of nitrogens with zero attached hydrogens (tertiary/aromatic N) is 2. The lowest BCUT2D eigenvalue weighted by Crippen LogP contribution is -2.34. The van der Waals surface area contributed by atoms with Gasteiger partial charge in [0.25, 0.3) is 0 Å². The largest absolute Gasteiger partial charge is 0.456 e. The van der Waals surface area contributed by atoms with E-state index in [1.807, 2.05) is 0 Å². The molecule has 0 atom stereocenters. The lowest BCUT2D eigenvalue weighted by atomic mass is 10.1. The second kappa shape index (κ2) is 8.47. The Morgan fingerprint density at radius 1 is 0.906 bits per heavy atom. The standard InChI is InChI=1S/C24H27ClN2O5/c1-23(2,3)31-20(28)17-10-8-7-9-15(17)14-26-19-13-16(25)11-12-18(19)27(21(26)29)22(30)32-24(4,5)6/h7-13H,14H2,1-6H3. The number of aromatic nitrogens is 2. The Bertz CT molecular complexity index is 1240. The number of carbonyl (C=O) groups excluding carboxylic acids is 2. The summed E-state index contributed by atoms with van der Waals surface area (Å²) in [5, 5.41) is 0.410. The Kier molecular flexibility index (Phi) is 6.24. The van der Waals surface area contributed by atoms with Gasteiger partial charge in [0, 0.05) is 5.02 Å². The summed E-state index contributed by atoms with van der Waals surface area (Å²) in [4.78, 5) is 38.8. The van der Waals surface area contributed by atoms with Gasteiger partial charge in [-0.15, -0.1) is 0 Å². The predicted molar refractivity (Wildman–Crippen MR) is 124 cm³/mol. The van der Waals surface area contributed by atoms with Crippen LogP contribution in [0.25, 0.3) is 11.0 Å². The summed E-state index contributed by atoms with van der Waals surface area (Å²) in [6, 6.07) is 11.7. The average molecular weight is 459 g/mol. The molecule has 170 valence electrons. The minimum atomic E-state index is -0.783. The van der Waals surface area contributed by atoms with E-state index in [2.05, 4.69) is 0 Å². The Hall–Kier alpha value is -3.06. The normalized spacial score (nSPS) is 12.1. The molecule has 0 aliphatic heterocycles. The van der Waals surface area contributed by atoms with E-state index >= 15 is 0 Å². The number of ether oxygens (including phenoxy) is 2. The average Bonchev–Trinajstić information content (AvgIpc) is 2.91. The highest BCUT2D eigenvalue weighted by molar-refractivity contribution is 6.31. The number of fused-ring (bicyclic) bond motifs is 1. The fourth-order valence-corrected chi connectivity index (χ4v) is 3.39. The number of imidazole rings is 1. The van der Waals surface area contributed by atoms with Crippen molar-refractivity contribution in [3.05, 3.63) is 69.1 Å². The highest BCUT2D eigenvalue weighted by atomic mass is 35.5. The zero-order chi connectivity index (χ0) is 23.8. The molecule has 0 fully saturated rings. The van der Waals surface area contributed by atoms with Crippen molar-refractivity contribution in [3.63, 3.8) is 0 Å². The second-order valence-corrected chi connectivity index (χ2v) is 9.91. The van der Waals surface area contributed by atoms with Crippen LogP contribution in [0.4, 0.5) is 4.79 Å². The summed E-state index contributed by atoms with van der Waals surface area (Å²) in [6.45, 7) is 10.6. The van der Waals surface area contributed by atoms with E-state index in [4.69, 9.17) is 21.1 Å². The molecule has 0 saturated heterocycles. The van der Waals surface area contributed by atoms with Crippen LogP contribution in [0.15, 0.2) is 47.3 Å². The molecule has 32 heavy (non-hydrogen) atoms. The number of esters is 1. The molecule has 0 N–H and O–H groups in total. The lowest BCUT2D eigenvalue weighted by molar-refractivity contribution is 0.00678. The first-order valence-electron chi connectivity index (χ1n) is 10.2. The van der Waals surface area contributed by atoms with Gasteiger partial charge in [-0.1, -0.05) is 29.8 Å². The molecule has 0 amide bonds. The van der Waals surface area contributed by atoms with Crippen LogP contribution in [0.5, 0.6) is 0 Å². The van der Waals surface area contributed by atoms with Gasteiger partial charge in [-0.05, 0) is 71.4 Å². The predicted octanol–water partition coefficient (Wildman–Crippen LogP) is 5.24. The van der Waals surface area contributed by atoms with E-state index in [1.165, 1.54) is 4.57 Å². The van der Waals surface area contributed by atoms with Crippen molar-refractivity contribution in [2.24, 2.45) is 0 Å². The molecular formula is C24H27ClN2O5. The third kappa shape index (κ3) is 5.22. The van der Waals surface area contributed by atoms with E-state index in [-0.39, 0.29) is 6.54 Å². The van der Waals surface area contributed by atoms with Crippen LogP contribution < -0.4 is 5.69 Å². The maximum atomic E-state index is 13.3.